The van der Waals surface area contributed by atoms with Gasteiger partial charge in [-0.05, 0) is 50.8 Å². The number of hydrogen-bond donors (Lipinski definition) is 1. The number of fused-ring (bicyclic) bond motifs is 1. The lowest BCUT2D eigenvalue weighted by atomic mass is 10.0. The van der Waals surface area contributed by atoms with Crippen LogP contribution in [0.1, 0.15) is 46.7 Å². The maximum absolute atomic E-state index is 15.4. The zero-order valence-electron chi connectivity index (χ0n) is 23.5. The Morgan fingerprint density at radius 3 is 2.61 bits per heavy atom. The van der Waals surface area contributed by atoms with E-state index in [0.29, 0.717) is 17.7 Å². The largest absolute Gasteiger partial charge is 0.434 e. The number of amides is 2. The molecule has 1 N–H and O–H groups in total. The molecular weight excluding hydrogens is 606 g/mol. The summed E-state index contributed by atoms with van der Waals surface area (Å²) in [6.07, 6.45) is 6.36. The molecule has 4 heterocycles. The first-order chi connectivity index (χ1) is 20.9. The van der Waals surface area contributed by atoms with Crippen LogP contribution in [0.4, 0.5) is 29.1 Å². The number of halogens is 5. The van der Waals surface area contributed by atoms with Gasteiger partial charge < -0.3 is 10.1 Å². The highest BCUT2D eigenvalue weighted by Gasteiger charge is 2.53. The van der Waals surface area contributed by atoms with Crippen molar-refractivity contribution in [3.8, 4) is 17.0 Å². The van der Waals surface area contributed by atoms with Crippen LogP contribution in [0, 0.1) is 37.3 Å². The number of ether oxygens (including phenoxy) is 1. The fourth-order valence-corrected chi connectivity index (χ4v) is 5.51. The number of carbonyl (C=O) groups excluding carboxylic acids is 2. The number of anilines is 2. The van der Waals surface area contributed by atoms with Crippen LogP contribution < -0.4 is 15.0 Å². The van der Waals surface area contributed by atoms with Gasteiger partial charge in [0.25, 0.3) is 5.91 Å². The maximum Gasteiger partial charge on any atom is 0.387 e. The van der Waals surface area contributed by atoms with Crippen LogP contribution in [0.25, 0.3) is 11.3 Å². The van der Waals surface area contributed by atoms with Gasteiger partial charge in [-0.1, -0.05) is 11.6 Å². The highest BCUT2D eigenvalue weighted by Crippen LogP contribution is 2.47. The molecule has 4 aromatic rings. The first-order valence-corrected chi connectivity index (χ1v) is 13.9. The standard InChI is InChI=1S/C29H24ClF4N7O3/c1-12-18(8-36-26(23(12)31)40-10-15-6-17(15)28(40)43)14(3)41-11-16(7-37-41)38-27(42)25-13(2)35-9-20(39-25)22-21(44-29(33)34)5-4-19(30)24(22)32/h4-5,7-9,11,14-15,17,29H,6,10H2,1-3H3,(H,38,42)/t14?,15-,17-/m1/s1. The van der Waals surface area contributed by atoms with Crippen molar-refractivity contribution < 1.29 is 31.9 Å². The van der Waals surface area contributed by atoms with Gasteiger partial charge in [-0.25, -0.2) is 18.7 Å². The summed E-state index contributed by atoms with van der Waals surface area (Å²) in [6, 6.07) is 1.63. The van der Waals surface area contributed by atoms with Gasteiger partial charge in [-0.15, -0.1) is 0 Å². The normalized spacial score (nSPS) is 18.0. The lowest BCUT2D eigenvalue weighted by molar-refractivity contribution is -0.118. The minimum absolute atomic E-state index is 0.0216. The SMILES string of the molecule is Cc1ncc(-c2c(OC(F)F)ccc(Cl)c2F)nc1C(=O)Nc1cnn(C(C)c2cnc(N3C[C@H]4C[C@H]4C3=O)c(F)c2C)c1. The molecule has 10 nitrogen and oxygen atoms in total. The molecule has 44 heavy (non-hydrogen) atoms. The van der Waals surface area contributed by atoms with E-state index in [4.69, 9.17) is 11.6 Å². The average Bonchev–Trinajstić information content (AvgIpc) is 3.48. The van der Waals surface area contributed by atoms with Gasteiger partial charge in [0.05, 0.1) is 46.1 Å². The average molecular weight is 630 g/mol. The molecule has 15 heteroatoms. The number of carbonyl (C=O) groups is 2. The van der Waals surface area contributed by atoms with Crippen LogP contribution in [0.5, 0.6) is 5.75 Å². The molecule has 228 valence electrons. The van der Waals surface area contributed by atoms with E-state index in [9.17, 15) is 22.8 Å². The Balaban J connectivity index is 1.22. The maximum atomic E-state index is 15.4. The van der Waals surface area contributed by atoms with Gasteiger partial charge >= 0.3 is 6.61 Å². The number of nitrogens with zero attached hydrogens (tertiary/aromatic N) is 6. The lowest BCUT2D eigenvalue weighted by Gasteiger charge is -2.21. The summed E-state index contributed by atoms with van der Waals surface area (Å²) in [5.74, 6) is -2.73. The third kappa shape index (κ3) is 5.23. The van der Waals surface area contributed by atoms with Gasteiger partial charge in [0.2, 0.25) is 5.91 Å². The molecule has 2 aliphatic rings. The molecule has 1 saturated heterocycles. The Bertz CT molecular complexity index is 1820. The second kappa shape index (κ2) is 11.2. The quantitative estimate of drug-likeness (QED) is 0.248. The van der Waals surface area contributed by atoms with E-state index >= 15 is 4.39 Å². The molecule has 6 rings (SSSR count). The van der Waals surface area contributed by atoms with E-state index in [-0.39, 0.29) is 51.4 Å². The summed E-state index contributed by atoms with van der Waals surface area (Å²) in [7, 11) is 0. The molecule has 1 unspecified atom stereocenters. The van der Waals surface area contributed by atoms with Gasteiger partial charge in [-0.3, -0.25) is 24.2 Å². The number of rotatable bonds is 8. The monoisotopic (exact) mass is 629 g/mol. The predicted molar refractivity (Wildman–Crippen MR) is 151 cm³/mol. The van der Waals surface area contributed by atoms with E-state index in [1.165, 1.54) is 35.1 Å². The summed E-state index contributed by atoms with van der Waals surface area (Å²) in [5.41, 5.74) is 0.353. The van der Waals surface area contributed by atoms with Crippen LogP contribution in [-0.2, 0) is 4.79 Å². The summed E-state index contributed by atoms with van der Waals surface area (Å²) in [5, 5.41) is 6.55. The second-order valence-electron chi connectivity index (χ2n) is 10.7. The number of piperidine rings is 1. The zero-order valence-corrected chi connectivity index (χ0v) is 24.2. The molecule has 3 atom stereocenters. The molecule has 3 aromatic heterocycles. The molecule has 0 radical (unpaired) electrons. The van der Waals surface area contributed by atoms with Gasteiger partial charge in [0, 0.05) is 30.4 Å². The van der Waals surface area contributed by atoms with E-state index in [1.807, 2.05) is 0 Å². The molecule has 1 saturated carbocycles. The molecule has 1 aliphatic carbocycles. The third-order valence-corrected chi connectivity index (χ3v) is 8.16. The third-order valence-electron chi connectivity index (χ3n) is 7.87. The minimum Gasteiger partial charge on any atom is -0.434 e. The Morgan fingerprint density at radius 2 is 1.91 bits per heavy atom. The van der Waals surface area contributed by atoms with Crippen molar-refractivity contribution in [1.29, 1.82) is 0 Å². The van der Waals surface area contributed by atoms with Gasteiger partial charge in [0.1, 0.15) is 11.4 Å². The van der Waals surface area contributed by atoms with Crippen LogP contribution in [0.15, 0.2) is 36.9 Å². The Hall–Kier alpha value is -4.59. The number of alkyl halides is 2. The van der Waals surface area contributed by atoms with Crippen LogP contribution >= 0.6 is 11.6 Å². The van der Waals surface area contributed by atoms with Crippen molar-refractivity contribution in [3.05, 3.63) is 76.1 Å². The predicted octanol–water partition coefficient (Wildman–Crippen LogP) is 5.73. The first kappa shape index (κ1) is 29.5. The van der Waals surface area contributed by atoms with Gasteiger partial charge in [0.15, 0.2) is 17.5 Å². The van der Waals surface area contributed by atoms with E-state index in [0.717, 1.165) is 24.8 Å². The van der Waals surface area contributed by atoms with Crippen LogP contribution in [0.2, 0.25) is 5.02 Å². The number of pyridine rings is 1. The topological polar surface area (TPSA) is 115 Å². The van der Waals surface area contributed by atoms with E-state index in [2.05, 4.69) is 30.1 Å². The molecule has 0 spiro atoms. The van der Waals surface area contributed by atoms with Crippen molar-refractivity contribution in [2.24, 2.45) is 11.8 Å². The Morgan fingerprint density at radius 1 is 1.14 bits per heavy atom. The molecular formula is C29H24ClF4N7O3. The first-order valence-electron chi connectivity index (χ1n) is 13.5. The summed E-state index contributed by atoms with van der Waals surface area (Å²) in [6.45, 7) is 2.09. The highest BCUT2D eigenvalue weighted by molar-refractivity contribution is 6.31. The molecule has 2 amide bonds. The molecule has 0 bridgehead atoms. The smallest absolute Gasteiger partial charge is 0.387 e. The summed E-state index contributed by atoms with van der Waals surface area (Å²) < 4.78 is 62.1. The fraction of sp³-hybridized carbons (Fsp3) is 0.310. The molecule has 2 fully saturated rings. The number of aromatic nitrogens is 5. The Kier molecular flexibility index (Phi) is 7.48. The number of nitrogens with one attached hydrogen (secondary N) is 1. The van der Waals surface area contributed by atoms with E-state index in [1.54, 1.807) is 13.8 Å². The van der Waals surface area contributed by atoms with Crippen molar-refractivity contribution in [2.45, 2.75) is 39.8 Å². The number of benzene rings is 1. The molecule has 1 aliphatic heterocycles. The fourth-order valence-electron chi connectivity index (χ4n) is 5.35. The highest BCUT2D eigenvalue weighted by atomic mass is 35.5. The number of aryl methyl sites for hydroxylation is 1. The van der Waals surface area contributed by atoms with Crippen molar-refractivity contribution in [2.75, 3.05) is 16.8 Å². The van der Waals surface area contributed by atoms with Crippen molar-refractivity contribution in [3.63, 3.8) is 0 Å². The number of hydrogen-bond acceptors (Lipinski definition) is 7. The Labute approximate surface area is 253 Å². The summed E-state index contributed by atoms with van der Waals surface area (Å²) in [4.78, 5) is 39.6. The lowest BCUT2D eigenvalue weighted by Crippen LogP contribution is -2.30. The van der Waals surface area contributed by atoms with Crippen LogP contribution in [0.3, 0.4) is 0 Å². The second-order valence-corrected chi connectivity index (χ2v) is 11.1. The van der Waals surface area contributed by atoms with E-state index < -0.39 is 41.5 Å². The summed E-state index contributed by atoms with van der Waals surface area (Å²) >= 11 is 5.86. The van der Waals surface area contributed by atoms with Crippen LogP contribution in [-0.4, -0.2) is 49.7 Å². The minimum atomic E-state index is -3.25. The zero-order chi connectivity index (χ0) is 31.4. The van der Waals surface area contributed by atoms with Crippen molar-refractivity contribution >= 4 is 34.9 Å². The van der Waals surface area contributed by atoms with Crippen molar-refractivity contribution in [1.82, 2.24) is 24.7 Å². The van der Waals surface area contributed by atoms with Gasteiger partial charge in [-0.2, -0.15) is 13.9 Å². The molecule has 1 aromatic carbocycles.